The van der Waals surface area contributed by atoms with Gasteiger partial charge in [-0.1, -0.05) is 0 Å². The lowest BCUT2D eigenvalue weighted by Gasteiger charge is -2.24. The molecular formula is C12H17N3O5S2. The van der Waals surface area contributed by atoms with Crippen molar-refractivity contribution in [2.24, 2.45) is 0 Å². The molecular weight excluding hydrogens is 330 g/mol. The molecule has 1 saturated heterocycles. The summed E-state index contributed by atoms with van der Waals surface area (Å²) in [5.41, 5.74) is 0.0121. The van der Waals surface area contributed by atoms with E-state index in [0.717, 1.165) is 11.5 Å². The number of sulfonamides is 1. The molecule has 1 aromatic rings. The summed E-state index contributed by atoms with van der Waals surface area (Å²) >= 11 is 1.70. The van der Waals surface area contributed by atoms with Crippen LogP contribution in [0.1, 0.15) is 17.4 Å². The van der Waals surface area contributed by atoms with Gasteiger partial charge in [-0.25, -0.2) is 8.42 Å². The minimum Gasteiger partial charge on any atom is -0.480 e. The van der Waals surface area contributed by atoms with Crippen molar-refractivity contribution >= 4 is 33.7 Å². The van der Waals surface area contributed by atoms with Gasteiger partial charge >= 0.3 is 5.97 Å². The number of amides is 1. The summed E-state index contributed by atoms with van der Waals surface area (Å²) in [6, 6.07) is 0.163. The number of carboxylic acid groups (broad SMARTS) is 1. The van der Waals surface area contributed by atoms with Crippen molar-refractivity contribution in [1.82, 2.24) is 14.6 Å². The Bertz CT molecular complexity index is 664. The molecule has 0 radical (unpaired) electrons. The van der Waals surface area contributed by atoms with Crippen LogP contribution >= 0.6 is 11.8 Å². The number of aliphatic carboxylic acids is 1. The Hall–Kier alpha value is -1.52. The Kier molecular flexibility index (Phi) is 5.14. The standard InChI is InChI=1S/C12H17N3O5S2/c1-8(12(17)18)14-11(16)10-6-9(7-13-10)22(19,20)15-2-4-21-5-3-15/h6-8,13H,2-5H2,1H3,(H,14,16)(H,17,18)/t8-/m1/s1. The minimum absolute atomic E-state index is 0.00697. The highest BCUT2D eigenvalue weighted by Gasteiger charge is 2.28. The zero-order chi connectivity index (χ0) is 16.3. The maximum atomic E-state index is 12.4. The van der Waals surface area contributed by atoms with Gasteiger partial charge in [-0.3, -0.25) is 9.59 Å². The molecule has 1 aliphatic heterocycles. The first-order valence-corrected chi connectivity index (χ1v) is 9.22. The van der Waals surface area contributed by atoms with Gasteiger partial charge in [0.1, 0.15) is 16.6 Å². The molecule has 1 fully saturated rings. The number of nitrogens with one attached hydrogen (secondary N) is 2. The molecule has 1 aliphatic rings. The summed E-state index contributed by atoms with van der Waals surface area (Å²) in [6.07, 6.45) is 1.25. The maximum absolute atomic E-state index is 12.4. The predicted octanol–water partition coefficient (Wildman–Crippen LogP) is -0.0449. The Morgan fingerprint density at radius 1 is 1.41 bits per heavy atom. The third kappa shape index (κ3) is 3.62. The van der Waals surface area contributed by atoms with E-state index in [1.165, 1.54) is 23.5 Å². The smallest absolute Gasteiger partial charge is 0.325 e. The number of aromatic nitrogens is 1. The van der Waals surface area contributed by atoms with E-state index in [4.69, 9.17) is 5.11 Å². The fraction of sp³-hybridized carbons (Fsp3) is 0.500. The van der Waals surface area contributed by atoms with Crippen LogP contribution in [0.2, 0.25) is 0 Å². The van der Waals surface area contributed by atoms with Crippen LogP contribution in [0.5, 0.6) is 0 Å². The third-order valence-corrected chi connectivity index (χ3v) is 6.05. The number of rotatable bonds is 5. The lowest BCUT2D eigenvalue weighted by molar-refractivity contribution is -0.138. The summed E-state index contributed by atoms with van der Waals surface area (Å²) in [5.74, 6) is -0.343. The number of hydrogen-bond acceptors (Lipinski definition) is 5. The quantitative estimate of drug-likeness (QED) is 0.687. The van der Waals surface area contributed by atoms with E-state index in [2.05, 4.69) is 10.3 Å². The highest BCUT2D eigenvalue weighted by atomic mass is 32.2. The van der Waals surface area contributed by atoms with Crippen LogP contribution in [0.4, 0.5) is 0 Å². The van der Waals surface area contributed by atoms with Crippen molar-refractivity contribution in [3.63, 3.8) is 0 Å². The average molecular weight is 347 g/mol. The van der Waals surface area contributed by atoms with Crippen LogP contribution in [0.15, 0.2) is 17.2 Å². The third-order valence-electron chi connectivity index (χ3n) is 3.23. The normalized spacial score (nSPS) is 17.9. The lowest BCUT2D eigenvalue weighted by atomic mass is 10.3. The number of nitrogens with zero attached hydrogens (tertiary/aromatic N) is 1. The number of carbonyl (C=O) groups excluding carboxylic acids is 1. The Morgan fingerprint density at radius 2 is 2.05 bits per heavy atom. The van der Waals surface area contributed by atoms with E-state index >= 15 is 0 Å². The van der Waals surface area contributed by atoms with Crippen molar-refractivity contribution in [2.45, 2.75) is 17.9 Å². The molecule has 2 rings (SSSR count). The van der Waals surface area contributed by atoms with Crippen molar-refractivity contribution in [3.05, 3.63) is 18.0 Å². The summed E-state index contributed by atoms with van der Waals surface area (Å²) in [6.45, 7) is 2.21. The van der Waals surface area contributed by atoms with Gasteiger partial charge in [0.05, 0.1) is 0 Å². The lowest BCUT2D eigenvalue weighted by Crippen LogP contribution is -2.38. The maximum Gasteiger partial charge on any atom is 0.325 e. The highest BCUT2D eigenvalue weighted by molar-refractivity contribution is 7.99. The second kappa shape index (κ2) is 6.71. The predicted molar refractivity (Wildman–Crippen MR) is 81.4 cm³/mol. The molecule has 0 spiro atoms. The van der Waals surface area contributed by atoms with Gasteiger partial charge < -0.3 is 15.4 Å². The van der Waals surface area contributed by atoms with Crippen LogP contribution in [0.3, 0.4) is 0 Å². The molecule has 0 saturated carbocycles. The van der Waals surface area contributed by atoms with Gasteiger partial charge in [0.15, 0.2) is 0 Å². The number of hydrogen-bond donors (Lipinski definition) is 3. The molecule has 122 valence electrons. The van der Waals surface area contributed by atoms with Gasteiger partial charge in [-0.05, 0) is 13.0 Å². The molecule has 0 bridgehead atoms. The van der Waals surface area contributed by atoms with Crippen LogP contribution < -0.4 is 5.32 Å². The molecule has 0 unspecified atom stereocenters. The van der Waals surface area contributed by atoms with E-state index < -0.39 is 27.9 Å². The molecule has 0 aromatic carbocycles. The molecule has 22 heavy (non-hydrogen) atoms. The SMILES string of the molecule is C[C@@H](NC(=O)c1cc(S(=O)(=O)N2CCSCC2)c[nH]1)C(=O)O. The second-order valence-corrected chi connectivity index (χ2v) is 7.96. The van der Waals surface area contributed by atoms with E-state index in [1.54, 1.807) is 11.8 Å². The highest BCUT2D eigenvalue weighted by Crippen LogP contribution is 2.20. The zero-order valence-electron chi connectivity index (χ0n) is 11.9. The largest absolute Gasteiger partial charge is 0.480 e. The molecule has 0 aliphatic carbocycles. The summed E-state index contributed by atoms with van der Waals surface area (Å²) in [4.78, 5) is 25.2. The number of carboxylic acids is 1. The summed E-state index contributed by atoms with van der Waals surface area (Å²) in [7, 11) is -3.63. The number of thioether (sulfide) groups is 1. The molecule has 1 amide bonds. The van der Waals surface area contributed by atoms with Gasteiger partial charge in [-0.15, -0.1) is 0 Å². The topological polar surface area (TPSA) is 120 Å². The van der Waals surface area contributed by atoms with Crippen molar-refractivity contribution in [2.75, 3.05) is 24.6 Å². The fourth-order valence-electron chi connectivity index (χ4n) is 1.93. The fourth-order valence-corrected chi connectivity index (χ4v) is 4.50. The molecule has 10 heteroatoms. The van der Waals surface area contributed by atoms with E-state index in [9.17, 15) is 18.0 Å². The number of aromatic amines is 1. The molecule has 1 atom stereocenters. The second-order valence-electron chi connectivity index (χ2n) is 4.80. The van der Waals surface area contributed by atoms with E-state index in [-0.39, 0.29) is 10.6 Å². The summed E-state index contributed by atoms with van der Waals surface area (Å²) < 4.78 is 26.2. The van der Waals surface area contributed by atoms with Crippen LogP contribution in [0, 0.1) is 0 Å². The van der Waals surface area contributed by atoms with Gasteiger partial charge in [-0.2, -0.15) is 16.1 Å². The first kappa shape index (κ1) is 16.8. The molecule has 2 heterocycles. The van der Waals surface area contributed by atoms with Crippen molar-refractivity contribution in [3.8, 4) is 0 Å². The Morgan fingerprint density at radius 3 is 2.64 bits per heavy atom. The van der Waals surface area contributed by atoms with Gasteiger partial charge in [0, 0.05) is 30.8 Å². The molecule has 8 nitrogen and oxygen atoms in total. The van der Waals surface area contributed by atoms with Crippen molar-refractivity contribution < 1.29 is 23.1 Å². The number of carbonyl (C=O) groups is 2. The first-order valence-electron chi connectivity index (χ1n) is 6.62. The van der Waals surface area contributed by atoms with Crippen molar-refractivity contribution in [1.29, 1.82) is 0 Å². The monoisotopic (exact) mass is 347 g/mol. The first-order chi connectivity index (χ1) is 10.3. The van der Waals surface area contributed by atoms with Crippen LogP contribution in [-0.4, -0.2) is 65.3 Å². The Balaban J connectivity index is 2.13. The Labute approximate surface area is 132 Å². The molecule has 3 N–H and O–H groups in total. The average Bonchev–Trinajstić information content (AvgIpc) is 2.98. The zero-order valence-corrected chi connectivity index (χ0v) is 13.5. The van der Waals surface area contributed by atoms with E-state index in [0.29, 0.717) is 13.1 Å². The summed E-state index contributed by atoms with van der Waals surface area (Å²) in [5, 5.41) is 11.0. The minimum atomic E-state index is -3.63. The van der Waals surface area contributed by atoms with Gasteiger partial charge in [0.25, 0.3) is 5.91 Å². The van der Waals surface area contributed by atoms with Crippen LogP contribution in [0.25, 0.3) is 0 Å². The molecule has 1 aromatic heterocycles. The van der Waals surface area contributed by atoms with Gasteiger partial charge in [0.2, 0.25) is 10.0 Å². The van der Waals surface area contributed by atoms with E-state index in [1.807, 2.05) is 0 Å². The van der Waals surface area contributed by atoms with Crippen LogP contribution in [-0.2, 0) is 14.8 Å². The number of H-pyrrole nitrogens is 1.